The van der Waals surface area contributed by atoms with Gasteiger partial charge in [-0.3, -0.25) is 4.21 Å². The van der Waals surface area contributed by atoms with Gasteiger partial charge >= 0.3 is 35.5 Å². The first-order chi connectivity index (χ1) is 7.60. The number of esters is 1. The molecule has 7 heteroatoms. The molecule has 1 unspecified atom stereocenters. The van der Waals surface area contributed by atoms with Gasteiger partial charge in [0.15, 0.2) is 0 Å². The summed E-state index contributed by atoms with van der Waals surface area (Å²) in [7, 11) is 1.36. The SMILES string of the molecule is CCOC(=O)c1ccc(OC)c(S(=O)[O-])c1.[Na+]. The second-order valence-electron chi connectivity index (χ2n) is 2.82. The molecular formula is C10H11NaO5S. The number of ether oxygens (including phenoxy) is 2. The molecule has 0 fully saturated rings. The summed E-state index contributed by atoms with van der Waals surface area (Å²) in [6.07, 6.45) is 0. The number of rotatable bonds is 4. The van der Waals surface area contributed by atoms with Gasteiger partial charge in [-0.15, -0.1) is 0 Å². The molecule has 0 saturated carbocycles. The number of carbonyl (C=O) groups is 1. The van der Waals surface area contributed by atoms with E-state index in [1.165, 1.54) is 25.3 Å². The monoisotopic (exact) mass is 266 g/mol. The van der Waals surface area contributed by atoms with Gasteiger partial charge in [0.25, 0.3) is 0 Å². The Bertz CT molecular complexity index is 421. The van der Waals surface area contributed by atoms with Gasteiger partial charge in [0.1, 0.15) is 5.75 Å². The Labute approximate surface area is 124 Å². The number of hydrogen-bond donors (Lipinski definition) is 0. The van der Waals surface area contributed by atoms with Gasteiger partial charge in [0.2, 0.25) is 0 Å². The molecule has 0 radical (unpaired) electrons. The fourth-order valence-corrected chi connectivity index (χ4v) is 1.69. The summed E-state index contributed by atoms with van der Waals surface area (Å²) in [5.41, 5.74) is 0.182. The molecule has 1 rings (SSSR count). The van der Waals surface area contributed by atoms with Crippen molar-refractivity contribution in [2.24, 2.45) is 0 Å². The van der Waals surface area contributed by atoms with E-state index in [4.69, 9.17) is 9.47 Å². The van der Waals surface area contributed by atoms with Gasteiger partial charge in [-0.25, -0.2) is 4.79 Å². The van der Waals surface area contributed by atoms with Crippen LogP contribution >= 0.6 is 0 Å². The number of carbonyl (C=O) groups excluding carboxylic acids is 1. The van der Waals surface area contributed by atoms with Crippen LogP contribution in [0, 0.1) is 0 Å². The average Bonchev–Trinajstić information content (AvgIpc) is 2.28. The molecule has 17 heavy (non-hydrogen) atoms. The third-order valence-corrected chi connectivity index (χ3v) is 2.53. The molecule has 0 spiro atoms. The molecule has 88 valence electrons. The second-order valence-corrected chi connectivity index (χ2v) is 3.73. The molecule has 1 aromatic rings. The quantitative estimate of drug-likeness (QED) is 0.362. The Morgan fingerprint density at radius 3 is 2.59 bits per heavy atom. The second kappa shape index (κ2) is 7.84. The maximum Gasteiger partial charge on any atom is 1.00 e. The minimum absolute atomic E-state index is 0. The van der Waals surface area contributed by atoms with Crippen molar-refractivity contribution >= 4 is 17.0 Å². The molecule has 0 aliphatic rings. The molecule has 0 heterocycles. The molecule has 0 aliphatic carbocycles. The summed E-state index contributed by atoms with van der Waals surface area (Å²) < 4.78 is 31.4. The van der Waals surface area contributed by atoms with E-state index < -0.39 is 17.0 Å². The zero-order chi connectivity index (χ0) is 12.1. The van der Waals surface area contributed by atoms with Crippen molar-refractivity contribution in [1.82, 2.24) is 0 Å². The number of benzene rings is 1. The molecule has 0 aliphatic heterocycles. The summed E-state index contributed by atoms with van der Waals surface area (Å²) in [5.74, 6) is -0.363. The van der Waals surface area contributed by atoms with E-state index in [-0.39, 0.29) is 52.4 Å². The van der Waals surface area contributed by atoms with E-state index in [2.05, 4.69) is 0 Å². The van der Waals surface area contributed by atoms with Gasteiger partial charge in [0, 0.05) is 0 Å². The van der Waals surface area contributed by atoms with Gasteiger partial charge in [-0.05, 0) is 36.2 Å². The zero-order valence-electron chi connectivity index (χ0n) is 9.89. The van der Waals surface area contributed by atoms with E-state index >= 15 is 0 Å². The number of methoxy groups -OCH3 is 1. The van der Waals surface area contributed by atoms with E-state index in [0.717, 1.165) is 0 Å². The van der Waals surface area contributed by atoms with E-state index in [1.807, 2.05) is 0 Å². The molecule has 0 amide bonds. The van der Waals surface area contributed by atoms with Crippen LogP contribution in [-0.4, -0.2) is 28.4 Å². The van der Waals surface area contributed by atoms with Gasteiger partial charge in [0.05, 0.1) is 24.2 Å². The van der Waals surface area contributed by atoms with Crippen LogP contribution in [0.15, 0.2) is 23.1 Å². The van der Waals surface area contributed by atoms with Crippen LogP contribution in [0.1, 0.15) is 17.3 Å². The smallest absolute Gasteiger partial charge is 0.768 e. The van der Waals surface area contributed by atoms with Crippen LogP contribution in [0.25, 0.3) is 0 Å². The Morgan fingerprint density at radius 1 is 1.47 bits per heavy atom. The van der Waals surface area contributed by atoms with Crippen molar-refractivity contribution in [3.05, 3.63) is 23.8 Å². The maximum atomic E-state index is 11.4. The molecule has 1 atom stereocenters. The van der Waals surface area contributed by atoms with Gasteiger partial charge in [-0.1, -0.05) is 0 Å². The topological polar surface area (TPSA) is 75.7 Å². The Balaban J connectivity index is 0.00000256. The third-order valence-electron chi connectivity index (χ3n) is 1.85. The standard InChI is InChI=1S/C10H12O5S.Na/c1-3-15-10(11)7-4-5-8(14-2)9(6-7)16(12)13;/h4-6H,3H2,1-2H3,(H,12,13);/q;+1/p-1. The molecule has 0 aromatic heterocycles. The Kier molecular flexibility index (Phi) is 7.65. The minimum Gasteiger partial charge on any atom is -0.768 e. The van der Waals surface area contributed by atoms with Crippen molar-refractivity contribution in [2.45, 2.75) is 11.8 Å². The van der Waals surface area contributed by atoms with Crippen molar-refractivity contribution in [1.29, 1.82) is 0 Å². The fourth-order valence-electron chi connectivity index (χ4n) is 1.15. The molecule has 0 N–H and O–H groups in total. The Morgan fingerprint density at radius 2 is 2.12 bits per heavy atom. The molecule has 1 aromatic carbocycles. The van der Waals surface area contributed by atoms with Crippen molar-refractivity contribution in [3.63, 3.8) is 0 Å². The Hall–Kier alpha value is -0.400. The van der Waals surface area contributed by atoms with Crippen LogP contribution in [0.5, 0.6) is 5.75 Å². The third kappa shape index (κ3) is 4.40. The predicted molar refractivity (Wildman–Crippen MR) is 56.1 cm³/mol. The average molecular weight is 266 g/mol. The van der Waals surface area contributed by atoms with E-state index in [9.17, 15) is 13.6 Å². The first kappa shape index (κ1) is 16.6. The normalized spacial score (nSPS) is 11.2. The predicted octanol–water partition coefficient (Wildman–Crippen LogP) is -1.89. The van der Waals surface area contributed by atoms with Gasteiger partial charge < -0.3 is 14.0 Å². The van der Waals surface area contributed by atoms with Crippen LogP contribution in [0.4, 0.5) is 0 Å². The van der Waals surface area contributed by atoms with Crippen molar-refractivity contribution in [3.8, 4) is 5.75 Å². The summed E-state index contributed by atoms with van der Waals surface area (Å²) in [4.78, 5) is 11.3. The summed E-state index contributed by atoms with van der Waals surface area (Å²) in [5, 5.41) is 0. The maximum absolute atomic E-state index is 11.4. The largest absolute Gasteiger partial charge is 1.00 e. The molecular weight excluding hydrogens is 255 g/mol. The van der Waals surface area contributed by atoms with Crippen molar-refractivity contribution in [2.75, 3.05) is 13.7 Å². The first-order valence-electron chi connectivity index (χ1n) is 4.54. The van der Waals surface area contributed by atoms with Crippen LogP contribution < -0.4 is 34.3 Å². The molecule has 5 nitrogen and oxygen atoms in total. The first-order valence-corrected chi connectivity index (χ1v) is 5.62. The molecule has 0 bridgehead atoms. The zero-order valence-corrected chi connectivity index (χ0v) is 12.7. The van der Waals surface area contributed by atoms with E-state index in [1.54, 1.807) is 6.92 Å². The van der Waals surface area contributed by atoms with Gasteiger partial charge in [-0.2, -0.15) is 0 Å². The fraction of sp³-hybridized carbons (Fsp3) is 0.300. The van der Waals surface area contributed by atoms with Crippen LogP contribution in [0.2, 0.25) is 0 Å². The molecule has 0 saturated heterocycles. The van der Waals surface area contributed by atoms with Crippen molar-refractivity contribution < 1.29 is 52.6 Å². The van der Waals surface area contributed by atoms with E-state index in [0.29, 0.717) is 0 Å². The minimum atomic E-state index is -2.45. The number of hydrogen-bond acceptors (Lipinski definition) is 5. The van der Waals surface area contributed by atoms with Crippen LogP contribution in [0.3, 0.4) is 0 Å². The summed E-state index contributed by atoms with van der Waals surface area (Å²) >= 11 is -2.45. The summed E-state index contributed by atoms with van der Waals surface area (Å²) in [6, 6.07) is 4.09. The van der Waals surface area contributed by atoms with Crippen LogP contribution in [-0.2, 0) is 15.8 Å². The summed E-state index contributed by atoms with van der Waals surface area (Å²) in [6.45, 7) is 1.91.